The highest BCUT2D eigenvalue weighted by atomic mass is 16.5. The van der Waals surface area contributed by atoms with Crippen molar-refractivity contribution in [3.63, 3.8) is 0 Å². The average molecular weight is 341 g/mol. The molecule has 6 heteroatoms. The molecule has 130 valence electrons. The average Bonchev–Trinajstić information content (AvgIpc) is 2.61. The number of rotatable bonds is 4. The number of phenols is 1. The van der Waals surface area contributed by atoms with Gasteiger partial charge in [-0.05, 0) is 30.0 Å². The lowest BCUT2D eigenvalue weighted by Gasteiger charge is -2.37. The summed E-state index contributed by atoms with van der Waals surface area (Å²) in [6, 6.07) is 12.7. The molecule has 0 aromatic heterocycles. The number of aryl methyl sites for hydroxylation is 1. The van der Waals surface area contributed by atoms with Crippen molar-refractivity contribution in [3.05, 3.63) is 65.2 Å². The molecule has 6 nitrogen and oxygen atoms in total. The first kappa shape index (κ1) is 17.0. The Labute approximate surface area is 144 Å². The van der Waals surface area contributed by atoms with Gasteiger partial charge in [-0.3, -0.25) is 9.59 Å². The van der Waals surface area contributed by atoms with E-state index in [-0.39, 0.29) is 18.8 Å². The maximum absolute atomic E-state index is 12.7. The second kappa shape index (κ2) is 6.57. The molecule has 3 rings (SSSR count). The van der Waals surface area contributed by atoms with Gasteiger partial charge in [0.25, 0.3) is 0 Å². The van der Waals surface area contributed by atoms with E-state index in [1.165, 1.54) is 6.07 Å². The molecule has 25 heavy (non-hydrogen) atoms. The molecule has 0 spiro atoms. The van der Waals surface area contributed by atoms with E-state index in [2.05, 4.69) is 0 Å². The summed E-state index contributed by atoms with van der Waals surface area (Å²) in [5.41, 5.74) is 6.04. The first-order chi connectivity index (χ1) is 12.0. The largest absolute Gasteiger partial charge is 0.508 e. The van der Waals surface area contributed by atoms with Crippen LogP contribution >= 0.6 is 0 Å². The van der Waals surface area contributed by atoms with Gasteiger partial charge >= 0.3 is 11.9 Å². The number of carboxylic acid groups (broad SMARTS) is 1. The van der Waals surface area contributed by atoms with Crippen molar-refractivity contribution >= 4 is 11.9 Å². The van der Waals surface area contributed by atoms with Crippen LogP contribution in [-0.2, 0) is 27.4 Å². The van der Waals surface area contributed by atoms with E-state index in [0.717, 1.165) is 11.1 Å². The molecule has 0 saturated heterocycles. The molecule has 0 bridgehead atoms. The molecule has 4 N–H and O–H groups in total. The number of hydrogen-bond acceptors (Lipinski definition) is 5. The fourth-order valence-corrected chi connectivity index (χ4v) is 3.32. The van der Waals surface area contributed by atoms with E-state index in [1.54, 1.807) is 36.4 Å². The van der Waals surface area contributed by atoms with Gasteiger partial charge in [0, 0.05) is 5.56 Å². The number of aromatic hydroxyl groups is 1. The number of nitrogens with two attached hydrogens (primary N) is 1. The van der Waals surface area contributed by atoms with Gasteiger partial charge in [0.2, 0.25) is 0 Å². The van der Waals surface area contributed by atoms with E-state index >= 15 is 0 Å². The van der Waals surface area contributed by atoms with E-state index in [9.17, 15) is 19.8 Å². The smallest absolute Gasteiger partial charge is 0.325 e. The Balaban J connectivity index is 1.91. The molecule has 1 aliphatic rings. The highest BCUT2D eigenvalue weighted by Gasteiger charge is 2.56. The Kier molecular flexibility index (Phi) is 4.46. The van der Waals surface area contributed by atoms with Crippen molar-refractivity contribution in [2.45, 2.75) is 25.5 Å². The van der Waals surface area contributed by atoms with Crippen LogP contribution in [0, 0.1) is 5.41 Å². The number of ether oxygens (including phenoxy) is 1. The fraction of sp³-hybridized carbons (Fsp3) is 0.263. The van der Waals surface area contributed by atoms with Gasteiger partial charge in [0.15, 0.2) is 5.41 Å². The molecule has 0 radical (unpaired) electrons. The number of esters is 1. The monoisotopic (exact) mass is 341 g/mol. The summed E-state index contributed by atoms with van der Waals surface area (Å²) in [5, 5.41) is 19.9. The van der Waals surface area contributed by atoms with E-state index in [0.29, 0.717) is 12.0 Å². The highest BCUT2D eigenvalue weighted by molar-refractivity contribution is 6.00. The van der Waals surface area contributed by atoms with Gasteiger partial charge in [0.05, 0.1) is 6.04 Å². The van der Waals surface area contributed by atoms with Gasteiger partial charge in [-0.15, -0.1) is 0 Å². The zero-order valence-corrected chi connectivity index (χ0v) is 13.5. The van der Waals surface area contributed by atoms with Crippen molar-refractivity contribution in [2.24, 2.45) is 11.1 Å². The summed E-state index contributed by atoms with van der Waals surface area (Å²) in [6.07, 6.45) is 0.345. The minimum atomic E-state index is -1.92. The molecule has 1 aliphatic carbocycles. The van der Waals surface area contributed by atoms with E-state index in [1.807, 2.05) is 6.07 Å². The maximum Gasteiger partial charge on any atom is 0.325 e. The van der Waals surface area contributed by atoms with Crippen LogP contribution in [0.25, 0.3) is 0 Å². The summed E-state index contributed by atoms with van der Waals surface area (Å²) in [6.45, 7) is -0.0327. The second-order valence-electron chi connectivity index (χ2n) is 6.17. The minimum absolute atomic E-state index is 0.0214. The number of phenolic OH excluding ortho intramolecular Hbond substituents is 1. The Morgan fingerprint density at radius 1 is 1.16 bits per heavy atom. The number of benzene rings is 2. The molecule has 0 saturated carbocycles. The topological polar surface area (TPSA) is 110 Å². The normalized spacial score (nSPS) is 22.0. The van der Waals surface area contributed by atoms with Crippen LogP contribution in [-0.4, -0.2) is 22.2 Å². The molecule has 0 fully saturated rings. The van der Waals surface area contributed by atoms with Gasteiger partial charge in [-0.25, -0.2) is 0 Å². The molecule has 0 amide bonds. The van der Waals surface area contributed by atoms with Crippen molar-refractivity contribution in [1.82, 2.24) is 0 Å². The molecular weight excluding hydrogens is 322 g/mol. The SMILES string of the molecule is N[C@H]1c2c(O)cccc2CCC1(C(=O)O)C(=O)OCc1ccccc1. The van der Waals surface area contributed by atoms with Crippen LogP contribution in [0.4, 0.5) is 0 Å². The number of carbonyl (C=O) groups excluding carboxylic acids is 1. The molecule has 2 aromatic rings. The fourth-order valence-electron chi connectivity index (χ4n) is 3.32. The summed E-state index contributed by atoms with van der Waals surface area (Å²) in [5.74, 6) is -2.33. The van der Waals surface area contributed by atoms with E-state index < -0.39 is 23.4 Å². The van der Waals surface area contributed by atoms with E-state index in [4.69, 9.17) is 10.5 Å². The minimum Gasteiger partial charge on any atom is -0.508 e. The first-order valence-corrected chi connectivity index (χ1v) is 7.97. The third kappa shape index (κ3) is 2.85. The number of aliphatic carboxylic acids is 1. The van der Waals surface area contributed by atoms with Crippen molar-refractivity contribution < 1.29 is 24.5 Å². The zero-order valence-electron chi connectivity index (χ0n) is 13.5. The van der Waals surface area contributed by atoms with Crippen LogP contribution in [0.15, 0.2) is 48.5 Å². The third-order valence-corrected chi connectivity index (χ3v) is 4.76. The second-order valence-corrected chi connectivity index (χ2v) is 6.17. The Bertz CT molecular complexity index is 805. The van der Waals surface area contributed by atoms with Crippen LogP contribution in [0.5, 0.6) is 5.75 Å². The van der Waals surface area contributed by atoms with Crippen LogP contribution in [0.2, 0.25) is 0 Å². The van der Waals surface area contributed by atoms with Crippen LogP contribution in [0.1, 0.15) is 29.2 Å². The predicted octanol–water partition coefficient (Wildman–Crippen LogP) is 2.15. The third-order valence-electron chi connectivity index (χ3n) is 4.76. The highest BCUT2D eigenvalue weighted by Crippen LogP contribution is 2.47. The predicted molar refractivity (Wildman–Crippen MR) is 89.7 cm³/mol. The van der Waals surface area contributed by atoms with Gasteiger partial charge < -0.3 is 20.7 Å². The standard InChI is InChI=1S/C19H19NO5/c20-16-15-13(7-4-8-14(15)21)9-10-19(16,17(22)23)18(24)25-11-12-5-2-1-3-6-12/h1-8,16,21H,9-11,20H2,(H,22,23)/t16-,19?/m0/s1. The maximum atomic E-state index is 12.7. The zero-order chi connectivity index (χ0) is 18.0. The molecule has 2 atom stereocenters. The lowest BCUT2D eigenvalue weighted by Crippen LogP contribution is -2.51. The Hall–Kier alpha value is -2.86. The number of carbonyl (C=O) groups is 2. The van der Waals surface area contributed by atoms with Crippen molar-refractivity contribution in [1.29, 1.82) is 0 Å². The lowest BCUT2D eigenvalue weighted by atomic mass is 9.67. The van der Waals surface area contributed by atoms with Crippen molar-refractivity contribution in [3.8, 4) is 5.75 Å². The van der Waals surface area contributed by atoms with Crippen LogP contribution in [0.3, 0.4) is 0 Å². The molecule has 1 unspecified atom stereocenters. The Morgan fingerprint density at radius 3 is 2.56 bits per heavy atom. The lowest BCUT2D eigenvalue weighted by molar-refractivity contribution is -0.173. The van der Waals surface area contributed by atoms with Crippen LogP contribution < -0.4 is 5.73 Å². The summed E-state index contributed by atoms with van der Waals surface area (Å²) in [4.78, 5) is 24.7. The van der Waals surface area contributed by atoms with Gasteiger partial charge in [-0.1, -0.05) is 42.5 Å². The molecule has 2 aromatic carbocycles. The Morgan fingerprint density at radius 2 is 1.88 bits per heavy atom. The van der Waals surface area contributed by atoms with Gasteiger partial charge in [0.1, 0.15) is 12.4 Å². The number of fused-ring (bicyclic) bond motifs is 1. The molecular formula is C19H19NO5. The van der Waals surface area contributed by atoms with Crippen molar-refractivity contribution in [2.75, 3.05) is 0 Å². The summed E-state index contributed by atoms with van der Waals surface area (Å²) in [7, 11) is 0. The first-order valence-electron chi connectivity index (χ1n) is 7.97. The summed E-state index contributed by atoms with van der Waals surface area (Å²) >= 11 is 0. The number of hydrogen-bond donors (Lipinski definition) is 3. The summed E-state index contributed by atoms with van der Waals surface area (Å²) < 4.78 is 5.28. The quantitative estimate of drug-likeness (QED) is 0.581. The van der Waals surface area contributed by atoms with Gasteiger partial charge in [-0.2, -0.15) is 0 Å². The molecule has 0 heterocycles. The number of carboxylic acids is 1. The molecule has 0 aliphatic heterocycles.